The van der Waals surface area contributed by atoms with E-state index in [4.69, 9.17) is 4.74 Å². The second-order valence-electron chi connectivity index (χ2n) is 4.50. The summed E-state index contributed by atoms with van der Waals surface area (Å²) >= 11 is 1.88. The summed E-state index contributed by atoms with van der Waals surface area (Å²) in [5.41, 5.74) is 0. The molecule has 0 bridgehead atoms. The second kappa shape index (κ2) is 6.50. The van der Waals surface area contributed by atoms with Gasteiger partial charge in [-0.2, -0.15) is 0 Å². The highest BCUT2D eigenvalue weighted by Gasteiger charge is 2.18. The maximum absolute atomic E-state index is 5.79. The van der Waals surface area contributed by atoms with Gasteiger partial charge in [0.05, 0.1) is 19.3 Å². The quantitative estimate of drug-likeness (QED) is 0.752. The molecule has 1 saturated carbocycles. The summed E-state index contributed by atoms with van der Waals surface area (Å²) in [5.74, 6) is 0. The van der Waals surface area contributed by atoms with Crippen LogP contribution in [-0.4, -0.2) is 36.2 Å². The fraction of sp³-hybridized carbons (Fsp3) is 0.917. The largest absolute Gasteiger partial charge is 0.376 e. The van der Waals surface area contributed by atoms with Crippen LogP contribution in [0.4, 0.5) is 0 Å². The lowest BCUT2D eigenvalue weighted by molar-refractivity contribution is 0.0624. The molecule has 1 N–H and O–H groups in total. The standard InChI is InChI=1S/C12H22N2OS/c1-2-11-9-14-12(16-11)13-7-8-15-10-5-3-4-6-10/h10-11H,2-9H2,1H3,(H,13,14). The highest BCUT2D eigenvalue weighted by molar-refractivity contribution is 8.14. The van der Waals surface area contributed by atoms with Gasteiger partial charge in [-0.1, -0.05) is 31.5 Å². The van der Waals surface area contributed by atoms with E-state index in [0.717, 1.165) is 24.9 Å². The van der Waals surface area contributed by atoms with E-state index in [1.165, 1.54) is 32.1 Å². The molecule has 2 rings (SSSR count). The molecule has 1 unspecified atom stereocenters. The third-order valence-electron chi connectivity index (χ3n) is 3.21. The third-order valence-corrected chi connectivity index (χ3v) is 4.52. The molecule has 0 aromatic heterocycles. The number of ether oxygens (including phenoxy) is 1. The molecular formula is C12H22N2OS. The molecule has 3 nitrogen and oxygen atoms in total. The van der Waals surface area contributed by atoms with Gasteiger partial charge < -0.3 is 10.1 Å². The summed E-state index contributed by atoms with van der Waals surface area (Å²) in [6, 6.07) is 0. The van der Waals surface area contributed by atoms with Crippen LogP contribution in [0.25, 0.3) is 0 Å². The first-order valence-electron chi connectivity index (χ1n) is 6.45. The van der Waals surface area contributed by atoms with Crippen LogP contribution in [0.3, 0.4) is 0 Å². The minimum atomic E-state index is 0.531. The monoisotopic (exact) mass is 242 g/mol. The van der Waals surface area contributed by atoms with Crippen LogP contribution in [0, 0.1) is 0 Å². The van der Waals surface area contributed by atoms with Gasteiger partial charge in [-0.05, 0) is 19.3 Å². The molecule has 1 atom stereocenters. The highest BCUT2D eigenvalue weighted by Crippen LogP contribution is 2.22. The normalized spacial score (nSPS) is 26.1. The van der Waals surface area contributed by atoms with Crippen molar-refractivity contribution in [1.29, 1.82) is 0 Å². The van der Waals surface area contributed by atoms with Crippen molar-refractivity contribution in [2.45, 2.75) is 50.4 Å². The topological polar surface area (TPSA) is 33.6 Å². The minimum Gasteiger partial charge on any atom is -0.376 e. The summed E-state index contributed by atoms with van der Waals surface area (Å²) in [7, 11) is 0. The number of amidine groups is 1. The van der Waals surface area contributed by atoms with Crippen LogP contribution in [0.15, 0.2) is 4.99 Å². The Morgan fingerprint density at radius 2 is 2.25 bits per heavy atom. The van der Waals surface area contributed by atoms with Crippen molar-refractivity contribution in [3.8, 4) is 0 Å². The van der Waals surface area contributed by atoms with Crippen LogP contribution < -0.4 is 5.32 Å². The number of hydrogen-bond donors (Lipinski definition) is 1. The average Bonchev–Trinajstić information content (AvgIpc) is 2.95. The van der Waals surface area contributed by atoms with Crippen LogP contribution in [-0.2, 0) is 4.74 Å². The molecule has 2 aliphatic rings. The van der Waals surface area contributed by atoms with Gasteiger partial charge in [0.15, 0.2) is 5.17 Å². The van der Waals surface area contributed by atoms with E-state index in [2.05, 4.69) is 17.2 Å². The van der Waals surface area contributed by atoms with Crippen molar-refractivity contribution in [3.63, 3.8) is 0 Å². The fourth-order valence-corrected chi connectivity index (χ4v) is 3.13. The second-order valence-corrected chi connectivity index (χ2v) is 5.79. The molecule has 0 radical (unpaired) electrons. The third kappa shape index (κ3) is 3.67. The van der Waals surface area contributed by atoms with E-state index in [1.54, 1.807) is 0 Å². The van der Waals surface area contributed by atoms with E-state index < -0.39 is 0 Å². The SMILES string of the molecule is CCC1CN=C(NCCOC2CCCC2)S1. The molecule has 1 aliphatic heterocycles. The summed E-state index contributed by atoms with van der Waals surface area (Å²) in [5, 5.41) is 5.16. The van der Waals surface area contributed by atoms with E-state index in [1.807, 2.05) is 11.8 Å². The number of nitrogens with zero attached hydrogens (tertiary/aromatic N) is 1. The fourth-order valence-electron chi connectivity index (χ4n) is 2.17. The Balaban J connectivity index is 1.51. The maximum atomic E-state index is 5.79. The number of aliphatic imine (C=N–C) groups is 1. The summed E-state index contributed by atoms with van der Waals surface area (Å²) in [6.07, 6.45) is 6.94. The minimum absolute atomic E-state index is 0.531. The molecule has 0 amide bonds. The Morgan fingerprint density at radius 3 is 2.94 bits per heavy atom. The van der Waals surface area contributed by atoms with Crippen LogP contribution in [0.2, 0.25) is 0 Å². The number of hydrogen-bond acceptors (Lipinski definition) is 4. The van der Waals surface area contributed by atoms with Gasteiger partial charge in [-0.3, -0.25) is 4.99 Å². The highest BCUT2D eigenvalue weighted by atomic mass is 32.2. The summed E-state index contributed by atoms with van der Waals surface area (Å²) in [6.45, 7) is 4.92. The van der Waals surface area contributed by atoms with Crippen LogP contribution >= 0.6 is 11.8 Å². The molecule has 0 spiro atoms. The lowest BCUT2D eigenvalue weighted by Crippen LogP contribution is -2.25. The molecular weight excluding hydrogens is 220 g/mol. The Labute approximate surface area is 102 Å². The summed E-state index contributed by atoms with van der Waals surface area (Å²) in [4.78, 5) is 4.47. The van der Waals surface area contributed by atoms with Crippen molar-refractivity contribution in [2.24, 2.45) is 4.99 Å². The summed E-state index contributed by atoms with van der Waals surface area (Å²) < 4.78 is 5.79. The first-order chi connectivity index (χ1) is 7.88. The Bertz CT molecular complexity index is 239. The Kier molecular flexibility index (Phi) is 4.97. The lowest BCUT2D eigenvalue weighted by atomic mass is 10.3. The number of rotatable bonds is 5. The van der Waals surface area contributed by atoms with Crippen molar-refractivity contribution in [2.75, 3.05) is 19.7 Å². The lowest BCUT2D eigenvalue weighted by Gasteiger charge is -2.12. The van der Waals surface area contributed by atoms with Crippen molar-refractivity contribution >= 4 is 16.9 Å². The smallest absolute Gasteiger partial charge is 0.157 e. The van der Waals surface area contributed by atoms with Gasteiger partial charge >= 0.3 is 0 Å². The maximum Gasteiger partial charge on any atom is 0.157 e. The molecule has 16 heavy (non-hydrogen) atoms. The predicted octanol–water partition coefficient (Wildman–Crippen LogP) is 2.42. The Morgan fingerprint density at radius 1 is 1.44 bits per heavy atom. The molecule has 1 heterocycles. The molecule has 1 fully saturated rings. The zero-order valence-electron chi connectivity index (χ0n) is 10.1. The van der Waals surface area contributed by atoms with Crippen molar-refractivity contribution in [3.05, 3.63) is 0 Å². The number of nitrogens with one attached hydrogen (secondary N) is 1. The van der Waals surface area contributed by atoms with Gasteiger partial charge in [-0.15, -0.1) is 0 Å². The molecule has 4 heteroatoms. The molecule has 92 valence electrons. The van der Waals surface area contributed by atoms with Gasteiger partial charge in [0, 0.05) is 11.8 Å². The van der Waals surface area contributed by atoms with E-state index in [-0.39, 0.29) is 0 Å². The molecule has 1 aliphatic carbocycles. The first-order valence-corrected chi connectivity index (χ1v) is 7.33. The number of thioether (sulfide) groups is 1. The Hall–Kier alpha value is -0.220. The van der Waals surface area contributed by atoms with Gasteiger partial charge in [-0.25, -0.2) is 0 Å². The van der Waals surface area contributed by atoms with Crippen molar-refractivity contribution in [1.82, 2.24) is 5.32 Å². The van der Waals surface area contributed by atoms with Gasteiger partial charge in [0.25, 0.3) is 0 Å². The zero-order chi connectivity index (χ0) is 11.2. The molecule has 0 saturated heterocycles. The van der Waals surface area contributed by atoms with Crippen molar-refractivity contribution < 1.29 is 4.74 Å². The van der Waals surface area contributed by atoms with E-state index in [0.29, 0.717) is 11.4 Å². The molecule has 0 aromatic carbocycles. The average molecular weight is 242 g/mol. The van der Waals surface area contributed by atoms with Crippen LogP contribution in [0.1, 0.15) is 39.0 Å². The zero-order valence-corrected chi connectivity index (χ0v) is 10.9. The predicted molar refractivity (Wildman–Crippen MR) is 70.2 cm³/mol. The van der Waals surface area contributed by atoms with Gasteiger partial charge in [0.2, 0.25) is 0 Å². The molecule has 0 aromatic rings. The van der Waals surface area contributed by atoms with Gasteiger partial charge in [0.1, 0.15) is 0 Å². The van der Waals surface area contributed by atoms with E-state index >= 15 is 0 Å². The van der Waals surface area contributed by atoms with E-state index in [9.17, 15) is 0 Å². The van der Waals surface area contributed by atoms with Crippen LogP contribution in [0.5, 0.6) is 0 Å². The first kappa shape index (κ1) is 12.2.